The van der Waals surface area contributed by atoms with Crippen LogP contribution < -0.4 is 0 Å². The molecule has 1 aromatic carbocycles. The van der Waals surface area contributed by atoms with Crippen molar-refractivity contribution >= 4 is 31.9 Å². The van der Waals surface area contributed by atoms with Crippen LogP contribution in [0.2, 0.25) is 0 Å². The fraction of sp³-hybridized carbons (Fsp3) is 0.647. The number of hydrogen-bond acceptors (Lipinski definition) is 2. The van der Waals surface area contributed by atoms with Crippen LogP contribution in [0, 0.1) is 5.92 Å². The quantitative estimate of drug-likeness (QED) is 0.636. The third-order valence-electron chi connectivity index (χ3n) is 5.07. The van der Waals surface area contributed by atoms with Gasteiger partial charge in [-0.05, 0) is 37.0 Å². The van der Waals surface area contributed by atoms with Crippen LogP contribution in [0.25, 0.3) is 0 Å². The molecule has 2 fully saturated rings. The van der Waals surface area contributed by atoms with Crippen LogP contribution in [0.3, 0.4) is 0 Å². The van der Waals surface area contributed by atoms with Crippen molar-refractivity contribution in [2.75, 3.05) is 0 Å². The summed E-state index contributed by atoms with van der Waals surface area (Å²) in [7, 11) is 0. The average Bonchev–Trinajstić information content (AvgIpc) is 2.86. The Kier molecular flexibility index (Phi) is 4.28. The molecule has 4 atom stereocenters. The molecule has 0 aromatic heterocycles. The Balaban J connectivity index is 1.69. The van der Waals surface area contributed by atoms with Crippen molar-refractivity contribution in [2.24, 2.45) is 5.92 Å². The SMILES string of the molecule is CC(C)[C@]12C[C@@H](OCc3ccc(Br)cc3)[C@](C)(C[C@@H]1Br)O2. The molecule has 3 rings (SSSR count). The number of halogens is 2. The van der Waals surface area contributed by atoms with Gasteiger partial charge in [-0.25, -0.2) is 0 Å². The molecule has 0 unspecified atom stereocenters. The van der Waals surface area contributed by atoms with Crippen molar-refractivity contribution < 1.29 is 9.47 Å². The summed E-state index contributed by atoms with van der Waals surface area (Å²) in [5.41, 5.74) is 0.978. The Labute approximate surface area is 143 Å². The first-order valence-electron chi connectivity index (χ1n) is 7.56. The van der Waals surface area contributed by atoms with E-state index in [9.17, 15) is 0 Å². The maximum atomic E-state index is 6.46. The van der Waals surface area contributed by atoms with Gasteiger partial charge in [0.2, 0.25) is 0 Å². The summed E-state index contributed by atoms with van der Waals surface area (Å²) < 4.78 is 13.8. The highest BCUT2D eigenvalue weighted by Gasteiger charge is 2.65. The third-order valence-corrected chi connectivity index (χ3v) is 6.69. The van der Waals surface area contributed by atoms with Crippen LogP contribution in [0.4, 0.5) is 0 Å². The minimum Gasteiger partial charge on any atom is -0.370 e. The molecule has 21 heavy (non-hydrogen) atoms. The van der Waals surface area contributed by atoms with Gasteiger partial charge in [0, 0.05) is 15.7 Å². The van der Waals surface area contributed by atoms with Gasteiger partial charge in [0.1, 0.15) is 0 Å². The van der Waals surface area contributed by atoms with E-state index in [0.29, 0.717) is 17.4 Å². The molecule has 116 valence electrons. The van der Waals surface area contributed by atoms with Gasteiger partial charge < -0.3 is 9.47 Å². The number of rotatable bonds is 4. The monoisotopic (exact) mass is 416 g/mol. The second kappa shape index (κ2) is 5.63. The summed E-state index contributed by atoms with van der Waals surface area (Å²) in [6.45, 7) is 7.34. The van der Waals surface area contributed by atoms with Crippen LogP contribution in [0.1, 0.15) is 39.2 Å². The first-order valence-corrected chi connectivity index (χ1v) is 9.27. The summed E-state index contributed by atoms with van der Waals surface area (Å²) in [6.07, 6.45) is 2.18. The summed E-state index contributed by atoms with van der Waals surface area (Å²) in [4.78, 5) is 0.433. The molecule has 2 aliphatic rings. The van der Waals surface area contributed by atoms with E-state index in [0.717, 1.165) is 17.3 Å². The lowest BCUT2D eigenvalue weighted by Crippen LogP contribution is -2.44. The number of fused-ring (bicyclic) bond motifs is 2. The molecule has 2 nitrogen and oxygen atoms in total. The number of ether oxygens (including phenoxy) is 2. The van der Waals surface area contributed by atoms with E-state index in [2.05, 4.69) is 76.9 Å². The number of hydrogen-bond donors (Lipinski definition) is 0. The molecule has 2 aliphatic heterocycles. The third kappa shape index (κ3) is 2.73. The Morgan fingerprint density at radius 3 is 2.52 bits per heavy atom. The van der Waals surface area contributed by atoms with Gasteiger partial charge >= 0.3 is 0 Å². The molecule has 0 amide bonds. The van der Waals surface area contributed by atoms with Crippen molar-refractivity contribution in [2.45, 2.75) is 62.4 Å². The zero-order valence-corrected chi connectivity index (χ0v) is 15.9. The van der Waals surface area contributed by atoms with Gasteiger partial charge in [-0.3, -0.25) is 0 Å². The summed E-state index contributed by atoms with van der Waals surface area (Å²) in [5, 5.41) is 0. The molecule has 0 spiro atoms. The van der Waals surface area contributed by atoms with Gasteiger partial charge in [-0.15, -0.1) is 0 Å². The standard InChI is InChI=1S/C17H22Br2O2/c1-11(2)17-9-15(16(3,21-17)8-14(17)19)20-10-12-4-6-13(18)7-5-12/h4-7,11,14-15H,8-10H2,1-3H3/t14-,15+,16-,17+/m0/s1. The minimum atomic E-state index is -0.159. The second-order valence-electron chi connectivity index (χ2n) is 6.83. The maximum Gasteiger partial charge on any atom is 0.0936 e. The van der Waals surface area contributed by atoms with Crippen molar-refractivity contribution in [1.29, 1.82) is 0 Å². The minimum absolute atomic E-state index is 0.0703. The fourth-order valence-electron chi connectivity index (χ4n) is 3.67. The van der Waals surface area contributed by atoms with Gasteiger partial charge in [0.15, 0.2) is 0 Å². The molecule has 4 heteroatoms. The van der Waals surface area contributed by atoms with Gasteiger partial charge in [0.25, 0.3) is 0 Å². The highest BCUT2D eigenvalue weighted by atomic mass is 79.9. The molecule has 2 bridgehead atoms. The number of benzene rings is 1. The molecule has 2 heterocycles. The van der Waals surface area contributed by atoms with E-state index in [4.69, 9.17) is 9.47 Å². The predicted octanol–water partition coefficient (Wildman–Crippen LogP) is 5.08. The van der Waals surface area contributed by atoms with Crippen LogP contribution in [-0.4, -0.2) is 22.1 Å². The Morgan fingerprint density at radius 1 is 1.29 bits per heavy atom. The lowest BCUT2D eigenvalue weighted by Gasteiger charge is -2.35. The van der Waals surface area contributed by atoms with Crippen molar-refractivity contribution in [3.8, 4) is 0 Å². The lowest BCUT2D eigenvalue weighted by atomic mass is 9.75. The molecular weight excluding hydrogens is 396 g/mol. The van der Waals surface area contributed by atoms with E-state index in [1.165, 1.54) is 5.56 Å². The van der Waals surface area contributed by atoms with E-state index < -0.39 is 0 Å². The van der Waals surface area contributed by atoms with E-state index >= 15 is 0 Å². The zero-order chi connectivity index (χ0) is 15.3. The first kappa shape index (κ1) is 16.0. The maximum absolute atomic E-state index is 6.46. The van der Waals surface area contributed by atoms with Gasteiger partial charge in [-0.1, -0.05) is 57.8 Å². The fourth-order valence-corrected chi connectivity index (χ4v) is 5.38. The van der Waals surface area contributed by atoms with Crippen LogP contribution in [-0.2, 0) is 16.1 Å². The summed E-state index contributed by atoms with van der Waals surface area (Å²) >= 11 is 7.30. The van der Waals surface area contributed by atoms with Crippen molar-refractivity contribution in [3.63, 3.8) is 0 Å². The zero-order valence-electron chi connectivity index (χ0n) is 12.7. The highest BCUT2D eigenvalue weighted by Crippen LogP contribution is 2.57. The summed E-state index contributed by atoms with van der Waals surface area (Å²) in [6, 6.07) is 8.32. The normalized spacial score (nSPS) is 38.4. The van der Waals surface area contributed by atoms with Gasteiger partial charge in [-0.2, -0.15) is 0 Å². The Morgan fingerprint density at radius 2 is 1.95 bits per heavy atom. The predicted molar refractivity (Wildman–Crippen MR) is 91.7 cm³/mol. The van der Waals surface area contributed by atoms with Crippen LogP contribution >= 0.6 is 31.9 Å². The molecule has 1 aromatic rings. The second-order valence-corrected chi connectivity index (χ2v) is 8.85. The molecule has 0 aliphatic carbocycles. The van der Waals surface area contributed by atoms with Crippen molar-refractivity contribution in [1.82, 2.24) is 0 Å². The van der Waals surface area contributed by atoms with E-state index in [-0.39, 0.29) is 17.3 Å². The molecule has 0 N–H and O–H groups in total. The largest absolute Gasteiger partial charge is 0.370 e. The van der Waals surface area contributed by atoms with Gasteiger partial charge in [0.05, 0.1) is 23.9 Å². The van der Waals surface area contributed by atoms with E-state index in [1.807, 2.05) is 0 Å². The average molecular weight is 418 g/mol. The first-order chi connectivity index (χ1) is 9.86. The van der Waals surface area contributed by atoms with Crippen molar-refractivity contribution in [3.05, 3.63) is 34.3 Å². The molecular formula is C17H22Br2O2. The Hall–Kier alpha value is 0.1000. The highest BCUT2D eigenvalue weighted by molar-refractivity contribution is 9.10. The topological polar surface area (TPSA) is 18.5 Å². The lowest BCUT2D eigenvalue weighted by molar-refractivity contribution is -0.0955. The Bertz CT molecular complexity index is 516. The van der Waals surface area contributed by atoms with Crippen LogP contribution in [0.5, 0.6) is 0 Å². The molecule has 0 saturated carbocycles. The molecule has 0 radical (unpaired) electrons. The van der Waals surface area contributed by atoms with E-state index in [1.54, 1.807) is 0 Å². The summed E-state index contributed by atoms with van der Waals surface area (Å²) in [5.74, 6) is 0.491. The smallest absolute Gasteiger partial charge is 0.0936 e. The number of alkyl halides is 1. The molecule has 2 saturated heterocycles. The van der Waals surface area contributed by atoms with Crippen LogP contribution in [0.15, 0.2) is 28.7 Å².